The van der Waals surface area contributed by atoms with Crippen molar-refractivity contribution >= 4 is 70.2 Å². The molecule has 22 nitrogen and oxygen atoms in total. The Kier molecular flexibility index (Phi) is 14.0. The molecule has 1 unspecified atom stereocenters. The Morgan fingerprint density at radius 3 is 2.19 bits per heavy atom. The lowest BCUT2D eigenvalue weighted by atomic mass is 9.80. The summed E-state index contributed by atoms with van der Waals surface area (Å²) >= 11 is 0. The number of nitrogens with zero attached hydrogens (tertiary/aromatic N) is 10. The normalized spacial score (nSPS) is 24.2. The third-order valence-corrected chi connectivity index (χ3v) is 15.4. The number of benzene rings is 1. The predicted octanol–water partition coefficient (Wildman–Crippen LogP) is 3.88. The largest absolute Gasteiger partial charge is 0.462 e. The summed E-state index contributed by atoms with van der Waals surface area (Å²) in [5, 5.41) is 20.8. The molecular formula is C50H62N14O8. The van der Waals surface area contributed by atoms with E-state index in [-0.39, 0.29) is 66.3 Å². The van der Waals surface area contributed by atoms with Crippen molar-refractivity contribution < 1.29 is 38.3 Å². The van der Waals surface area contributed by atoms with Gasteiger partial charge in [0.25, 0.3) is 11.8 Å². The van der Waals surface area contributed by atoms with Crippen LogP contribution in [-0.2, 0) is 31.0 Å². The van der Waals surface area contributed by atoms with Crippen LogP contribution < -0.4 is 26.2 Å². The van der Waals surface area contributed by atoms with Crippen LogP contribution in [0.15, 0.2) is 49.2 Å². The number of piperazine rings is 1. The number of ether oxygens (including phenoxy) is 1. The molecule has 2 saturated carbocycles. The van der Waals surface area contributed by atoms with Crippen LogP contribution in [0.25, 0.3) is 0 Å². The summed E-state index contributed by atoms with van der Waals surface area (Å²) < 4.78 is 8.88. The highest BCUT2D eigenvalue weighted by atomic mass is 16.5. The van der Waals surface area contributed by atoms with Crippen molar-refractivity contribution in [3.63, 3.8) is 0 Å². The number of amides is 6. The molecule has 4 N–H and O–H groups in total. The third kappa shape index (κ3) is 10.3. The number of fused-ring (bicyclic) bond motifs is 1. The van der Waals surface area contributed by atoms with Gasteiger partial charge in [-0.15, -0.1) is 0 Å². The molecular weight excluding hydrogens is 925 g/mol. The molecule has 4 aliphatic heterocycles. The van der Waals surface area contributed by atoms with Gasteiger partial charge in [-0.3, -0.25) is 53.2 Å². The quantitative estimate of drug-likeness (QED) is 0.110. The zero-order valence-electron chi connectivity index (χ0n) is 40.8. The molecule has 0 spiro atoms. The average Bonchev–Trinajstić information content (AvgIpc) is 4.10. The van der Waals surface area contributed by atoms with Gasteiger partial charge in [-0.2, -0.15) is 15.2 Å². The van der Waals surface area contributed by atoms with Crippen molar-refractivity contribution in [2.45, 2.75) is 108 Å². The van der Waals surface area contributed by atoms with E-state index < -0.39 is 35.6 Å². The molecule has 0 radical (unpaired) electrons. The zero-order chi connectivity index (χ0) is 50.0. The highest BCUT2D eigenvalue weighted by Gasteiger charge is 2.45. The fourth-order valence-electron chi connectivity index (χ4n) is 11.4. The van der Waals surface area contributed by atoms with Crippen LogP contribution in [0, 0.1) is 11.8 Å². The molecule has 380 valence electrons. The number of esters is 1. The number of piperidine rings is 2. The second-order valence-corrected chi connectivity index (χ2v) is 19.9. The third-order valence-electron chi connectivity index (χ3n) is 15.4. The van der Waals surface area contributed by atoms with Gasteiger partial charge >= 0.3 is 5.97 Å². The van der Waals surface area contributed by atoms with Crippen LogP contribution in [-0.4, -0.2) is 150 Å². The van der Waals surface area contributed by atoms with Gasteiger partial charge in [0, 0.05) is 101 Å². The Morgan fingerprint density at radius 1 is 0.764 bits per heavy atom. The highest BCUT2D eigenvalue weighted by molar-refractivity contribution is 6.23. The lowest BCUT2D eigenvalue weighted by molar-refractivity contribution is -0.140. The summed E-state index contributed by atoms with van der Waals surface area (Å²) in [6, 6.07) is 4.83. The molecule has 3 aromatic heterocycles. The number of imide groups is 2. The van der Waals surface area contributed by atoms with E-state index in [1.54, 1.807) is 36.1 Å². The SMILES string of the molecule is CCOC(=O)c1cnc(Nc2cnn(C)c2)nc1NC1CCC(N2CCN(C(=O)C3CCC(C(=O)Nc4cnn(C5CCN(c6ccc7c(c6)C(=O)N(C6CCC(=O)NC6=O)C7=O)CC5)c4)CC3)CC2)CC1. The van der Waals surface area contributed by atoms with Crippen molar-refractivity contribution in [3.05, 3.63) is 65.9 Å². The smallest absolute Gasteiger partial charge is 0.343 e. The fraction of sp³-hybridized carbons (Fsp3) is 0.540. The van der Waals surface area contributed by atoms with E-state index in [1.807, 2.05) is 35.1 Å². The summed E-state index contributed by atoms with van der Waals surface area (Å²) in [5.41, 5.74) is 3.00. The molecule has 0 bridgehead atoms. The van der Waals surface area contributed by atoms with Gasteiger partial charge in [0.05, 0.1) is 47.5 Å². The van der Waals surface area contributed by atoms with Crippen LogP contribution in [0.1, 0.15) is 121 Å². The molecule has 22 heteroatoms. The maximum absolute atomic E-state index is 13.8. The molecule has 1 aromatic carbocycles. The van der Waals surface area contributed by atoms with Gasteiger partial charge in [0.1, 0.15) is 17.4 Å². The molecule has 2 aliphatic carbocycles. The summed E-state index contributed by atoms with van der Waals surface area (Å²) in [7, 11) is 1.83. The van der Waals surface area contributed by atoms with E-state index in [0.29, 0.717) is 80.9 Å². The first-order chi connectivity index (χ1) is 34.9. The lowest BCUT2D eigenvalue weighted by Gasteiger charge is -2.43. The predicted molar refractivity (Wildman–Crippen MR) is 262 cm³/mol. The fourth-order valence-corrected chi connectivity index (χ4v) is 11.4. The van der Waals surface area contributed by atoms with Crippen LogP contribution in [0.5, 0.6) is 0 Å². The van der Waals surface area contributed by atoms with Crippen molar-refractivity contribution in [1.29, 1.82) is 0 Å². The van der Waals surface area contributed by atoms with Crippen LogP contribution in [0.4, 0.5) is 28.8 Å². The van der Waals surface area contributed by atoms with E-state index in [0.717, 1.165) is 67.9 Å². The molecule has 3 saturated heterocycles. The number of hydrogen-bond acceptors (Lipinski definition) is 16. The minimum atomic E-state index is -1.01. The minimum Gasteiger partial charge on any atom is -0.462 e. The lowest BCUT2D eigenvalue weighted by Crippen LogP contribution is -2.54. The number of nitrogens with one attached hydrogen (secondary N) is 4. The van der Waals surface area contributed by atoms with Gasteiger partial charge in [0.2, 0.25) is 29.6 Å². The average molecular weight is 987 g/mol. The molecule has 7 heterocycles. The van der Waals surface area contributed by atoms with Crippen molar-refractivity contribution in [1.82, 2.24) is 49.5 Å². The van der Waals surface area contributed by atoms with E-state index in [2.05, 4.69) is 51.2 Å². The van der Waals surface area contributed by atoms with Gasteiger partial charge in [-0.25, -0.2) is 9.78 Å². The van der Waals surface area contributed by atoms with Gasteiger partial charge < -0.3 is 30.5 Å². The monoisotopic (exact) mass is 986 g/mol. The van der Waals surface area contributed by atoms with E-state index in [1.165, 1.54) is 6.20 Å². The Morgan fingerprint density at radius 2 is 1.49 bits per heavy atom. The molecule has 6 aliphatic rings. The first kappa shape index (κ1) is 48.4. The standard InChI is InChI=1S/C50H62N14O8/c1-3-72-49(71)40-27-51-50(56-33-25-52-59(2)28-33)58-43(40)54-32-8-10-35(11-9-32)61-20-22-62(23-21-61)46(68)31-6-4-30(5-7-31)44(66)55-34-26-53-63(29-34)36-16-18-60(19-17-36)37-12-13-38-39(24-37)48(70)64(47(38)69)41-14-15-42(65)57-45(41)67/h12-13,24-32,35-36,41H,3-11,14-23H2,1-2H3,(H,55,66)(H,57,65,67)(H2,51,54,56,58). The van der Waals surface area contributed by atoms with E-state index in [4.69, 9.17) is 4.74 Å². The number of aryl methyl sites for hydroxylation is 1. The minimum absolute atomic E-state index is 0.0475. The number of aromatic nitrogens is 6. The van der Waals surface area contributed by atoms with Crippen LogP contribution >= 0.6 is 0 Å². The van der Waals surface area contributed by atoms with Gasteiger partial charge in [-0.1, -0.05) is 0 Å². The first-order valence-corrected chi connectivity index (χ1v) is 25.4. The second-order valence-electron chi connectivity index (χ2n) is 19.9. The number of hydrogen-bond donors (Lipinski definition) is 4. The Bertz CT molecular complexity index is 2730. The topological polar surface area (TPSA) is 251 Å². The zero-order valence-corrected chi connectivity index (χ0v) is 40.8. The number of rotatable bonds is 13. The van der Waals surface area contributed by atoms with Gasteiger partial charge in [0.15, 0.2) is 0 Å². The van der Waals surface area contributed by atoms with Crippen molar-refractivity contribution in [2.75, 3.05) is 66.7 Å². The molecule has 1 atom stereocenters. The van der Waals surface area contributed by atoms with Crippen LogP contribution in [0.3, 0.4) is 0 Å². The second kappa shape index (κ2) is 20.9. The maximum atomic E-state index is 13.8. The summed E-state index contributed by atoms with van der Waals surface area (Å²) in [4.78, 5) is 107. The van der Waals surface area contributed by atoms with Crippen molar-refractivity contribution in [3.8, 4) is 0 Å². The molecule has 10 rings (SSSR count). The number of carbonyl (C=O) groups is 7. The Balaban J connectivity index is 0.638. The van der Waals surface area contributed by atoms with E-state index >= 15 is 0 Å². The molecule has 72 heavy (non-hydrogen) atoms. The Hall–Kier alpha value is -7.23. The van der Waals surface area contributed by atoms with E-state index in [9.17, 15) is 33.6 Å². The molecule has 5 fully saturated rings. The molecule has 6 amide bonds. The summed E-state index contributed by atoms with van der Waals surface area (Å²) in [6.45, 7) is 6.44. The van der Waals surface area contributed by atoms with Gasteiger partial charge in [-0.05, 0) is 95.8 Å². The van der Waals surface area contributed by atoms with Crippen molar-refractivity contribution in [2.24, 2.45) is 18.9 Å². The summed E-state index contributed by atoms with van der Waals surface area (Å²) in [5.74, 6) is -1.87. The highest BCUT2D eigenvalue weighted by Crippen LogP contribution is 2.35. The number of anilines is 5. The first-order valence-electron chi connectivity index (χ1n) is 25.4. The Labute approximate surface area is 416 Å². The van der Waals surface area contributed by atoms with Crippen LogP contribution in [0.2, 0.25) is 0 Å². The maximum Gasteiger partial charge on any atom is 0.343 e. The summed E-state index contributed by atoms with van der Waals surface area (Å²) in [6.07, 6.45) is 16.7. The molecule has 4 aromatic rings. The number of carbonyl (C=O) groups excluding carboxylic acids is 7.